The molecule has 2 aromatic carbocycles. The maximum Gasteiger partial charge on any atom is 0.201 e. The number of fused-ring (bicyclic) bond motifs is 4. The van der Waals surface area contributed by atoms with Crippen molar-refractivity contribution in [1.82, 2.24) is 19.1 Å². The molecule has 2 aromatic rings. The zero-order chi connectivity index (χ0) is 34.9. The van der Waals surface area contributed by atoms with Crippen LogP contribution >= 0.6 is 22.7 Å². The largest absolute Gasteiger partial charge is 1.00 e. The van der Waals surface area contributed by atoms with Crippen molar-refractivity contribution in [3.05, 3.63) is 81.5 Å². The summed E-state index contributed by atoms with van der Waals surface area (Å²) in [6.07, 6.45) is 4.00. The van der Waals surface area contributed by atoms with Crippen LogP contribution in [0.2, 0.25) is 0 Å². The van der Waals surface area contributed by atoms with Gasteiger partial charge in [-0.2, -0.15) is 0 Å². The van der Waals surface area contributed by atoms with Gasteiger partial charge in [0.2, 0.25) is 10.7 Å². The Hall–Kier alpha value is -3.30. The van der Waals surface area contributed by atoms with Gasteiger partial charge in [-0.25, -0.2) is 19.1 Å². The van der Waals surface area contributed by atoms with E-state index in [4.69, 9.17) is 9.97 Å². The van der Waals surface area contributed by atoms with E-state index in [1.54, 1.807) is 0 Å². The van der Waals surface area contributed by atoms with Crippen LogP contribution in [-0.2, 0) is 25.7 Å². The normalized spacial score (nSPS) is 10.8. The maximum absolute atomic E-state index is 5.09. The summed E-state index contributed by atoms with van der Waals surface area (Å²) in [7, 11) is 16.8. The van der Waals surface area contributed by atoms with Crippen LogP contribution in [0.5, 0.6) is 0 Å². The van der Waals surface area contributed by atoms with Gasteiger partial charge in [0.15, 0.2) is 0 Å². The van der Waals surface area contributed by atoms with E-state index in [0.29, 0.717) is 0 Å². The number of aryl methyl sites for hydroxylation is 4. The van der Waals surface area contributed by atoms with E-state index in [9.17, 15) is 0 Å². The van der Waals surface area contributed by atoms with Crippen molar-refractivity contribution in [2.24, 2.45) is 0 Å². The summed E-state index contributed by atoms with van der Waals surface area (Å²) < 4.78 is 6.87. The lowest BCUT2D eigenvalue weighted by Crippen LogP contribution is -3.00. The first kappa shape index (κ1) is 41.1. The maximum atomic E-state index is 5.09. The Kier molecular flexibility index (Phi) is 14.2. The van der Waals surface area contributed by atoms with E-state index in [2.05, 4.69) is 152 Å². The smallest absolute Gasteiger partial charge is 0.201 e. The molecule has 0 atom stereocenters. The molecule has 268 valence electrons. The molecule has 0 N–H and O–H groups in total. The van der Waals surface area contributed by atoms with Gasteiger partial charge in [0.1, 0.15) is 28.2 Å². The summed E-state index contributed by atoms with van der Waals surface area (Å²) in [6.45, 7) is 8.84. The van der Waals surface area contributed by atoms with Crippen LogP contribution in [0, 0.1) is 0 Å². The number of hydrogen-bond acceptors (Lipinski definition) is 6. The van der Waals surface area contributed by atoms with Gasteiger partial charge < -0.3 is 34.6 Å². The highest BCUT2D eigenvalue weighted by Crippen LogP contribution is 2.37. The molecule has 6 nitrogen and oxygen atoms in total. The number of benzene rings is 4. The summed E-state index contributed by atoms with van der Waals surface area (Å²) >= 11 is 3.72. The third kappa shape index (κ3) is 8.42. The van der Waals surface area contributed by atoms with E-state index in [0.717, 1.165) is 48.1 Å². The fraction of sp³-hybridized carbons (Fsp3) is 0.400. The van der Waals surface area contributed by atoms with E-state index < -0.39 is 0 Å². The second-order valence-corrected chi connectivity index (χ2v) is 15.4. The SMILES string of the molecule is CCc1cc(=[N+](C)C)cc2sc3cc(N(C)C)cc(CC)c3nc1-2.CCc1cc(=[N+](C)C)cc2sc3cc(N(C)C)cc(CC)c3nc1-2.[Cl-].[Cl-]. The highest BCUT2D eigenvalue weighted by Gasteiger charge is 2.18. The number of anilines is 2. The van der Waals surface area contributed by atoms with E-state index in [1.807, 2.05) is 22.7 Å². The van der Waals surface area contributed by atoms with Gasteiger partial charge in [-0.1, -0.05) is 27.7 Å². The van der Waals surface area contributed by atoms with Crippen LogP contribution in [0.4, 0.5) is 11.4 Å². The van der Waals surface area contributed by atoms with Gasteiger partial charge in [-0.3, -0.25) is 0 Å². The van der Waals surface area contributed by atoms with Crippen molar-refractivity contribution in [3.8, 4) is 21.1 Å². The first-order valence-corrected chi connectivity index (χ1v) is 18.7. The van der Waals surface area contributed by atoms with Gasteiger partial charge in [-0.05, 0) is 72.2 Å². The minimum atomic E-state index is 0. The van der Waals surface area contributed by atoms with Crippen LogP contribution in [0.25, 0.3) is 41.6 Å². The molecule has 0 fully saturated rings. The third-order valence-corrected chi connectivity index (χ3v) is 11.2. The van der Waals surface area contributed by atoms with Crippen molar-refractivity contribution in [2.45, 2.75) is 53.4 Å². The van der Waals surface area contributed by atoms with Crippen molar-refractivity contribution in [2.75, 3.05) is 66.2 Å². The lowest BCUT2D eigenvalue weighted by atomic mass is 10.1. The number of hydrogen-bond donors (Lipinski definition) is 0. The van der Waals surface area contributed by atoms with Gasteiger partial charge in [0.25, 0.3) is 0 Å². The summed E-state index contributed by atoms with van der Waals surface area (Å²) in [6, 6.07) is 18.1. The summed E-state index contributed by atoms with van der Waals surface area (Å²) in [5.41, 5.74) is 12.4. The molecule has 0 amide bonds. The molecule has 4 aliphatic rings. The zero-order valence-corrected chi connectivity index (χ0v) is 34.8. The predicted octanol–water partition coefficient (Wildman–Crippen LogP) is 1.26. The fourth-order valence-electron chi connectivity index (χ4n) is 5.99. The fourth-order valence-corrected chi connectivity index (χ4v) is 8.27. The molecule has 2 aliphatic heterocycles. The Bertz CT molecular complexity index is 2040. The molecular formula is C40H52Cl2N6S2. The molecule has 0 bridgehead atoms. The first-order valence-electron chi connectivity index (χ1n) is 17.0. The molecule has 0 radical (unpaired) electrons. The number of rotatable bonds is 6. The Balaban J connectivity index is 0.000000260. The average molecular weight is 752 g/mol. The molecule has 0 spiro atoms. The van der Waals surface area contributed by atoms with Crippen molar-refractivity contribution >= 4 is 54.5 Å². The topological polar surface area (TPSA) is 38.3 Å². The number of nitrogens with zero attached hydrogens (tertiary/aromatic N) is 6. The van der Waals surface area contributed by atoms with Crippen LogP contribution < -0.4 is 54.5 Å². The van der Waals surface area contributed by atoms with Crippen LogP contribution in [0.15, 0.2) is 48.5 Å². The van der Waals surface area contributed by atoms with Crippen molar-refractivity contribution in [3.63, 3.8) is 0 Å². The molecule has 0 saturated carbocycles. The molecule has 2 aliphatic carbocycles. The Morgan fingerprint density at radius 3 is 1.12 bits per heavy atom. The van der Waals surface area contributed by atoms with Gasteiger partial charge in [-0.15, -0.1) is 22.7 Å². The second-order valence-electron chi connectivity index (χ2n) is 13.2. The summed E-state index contributed by atoms with van der Waals surface area (Å²) in [4.78, 5) is 17.1. The standard InChI is InChI=1S/2C20H26N3S.2ClH/c2*1-7-13-9-15(22(3)4)11-17-19(13)21-20-14(8-2)10-16(23(5)6)12-18(20)24-17;;/h2*9-12H,7-8H2,1-6H3;2*1H/q2*+1;;/p-2. The van der Waals surface area contributed by atoms with E-state index >= 15 is 0 Å². The molecule has 10 heteroatoms. The lowest BCUT2D eigenvalue weighted by molar-refractivity contribution is -0.001000. The zero-order valence-electron chi connectivity index (χ0n) is 31.7. The minimum absolute atomic E-state index is 0. The molecule has 0 unspecified atom stereocenters. The third-order valence-electron chi connectivity index (χ3n) is 9.03. The van der Waals surface area contributed by atoms with Gasteiger partial charge in [0.05, 0.1) is 41.6 Å². The minimum Gasteiger partial charge on any atom is -1.00 e. The molecule has 0 aromatic heterocycles. The second kappa shape index (κ2) is 17.3. The molecule has 0 saturated heterocycles. The van der Waals surface area contributed by atoms with Crippen LogP contribution in [0.1, 0.15) is 49.9 Å². The monoisotopic (exact) mass is 750 g/mol. The average Bonchev–Trinajstić information content (AvgIpc) is 3.07. The predicted molar refractivity (Wildman–Crippen MR) is 213 cm³/mol. The van der Waals surface area contributed by atoms with E-state index in [1.165, 1.54) is 63.5 Å². The Labute approximate surface area is 319 Å². The molecular weight excluding hydrogens is 700 g/mol. The van der Waals surface area contributed by atoms with E-state index in [-0.39, 0.29) is 24.8 Å². The van der Waals surface area contributed by atoms with Gasteiger partial charge in [0, 0.05) is 63.8 Å². The molecule has 6 rings (SSSR count). The lowest BCUT2D eigenvalue weighted by Gasteiger charge is -2.17. The Morgan fingerprint density at radius 2 is 0.840 bits per heavy atom. The van der Waals surface area contributed by atoms with Crippen molar-refractivity contribution < 1.29 is 24.8 Å². The highest BCUT2D eigenvalue weighted by molar-refractivity contribution is 7.22. The molecule has 2 heterocycles. The quantitative estimate of drug-likeness (QED) is 0.190. The molecule has 50 heavy (non-hydrogen) atoms. The summed E-state index contributed by atoms with van der Waals surface area (Å²) in [5.74, 6) is 0. The number of aromatic nitrogens is 2. The van der Waals surface area contributed by atoms with Crippen molar-refractivity contribution in [1.29, 1.82) is 0 Å². The number of halogens is 2. The Morgan fingerprint density at radius 1 is 0.500 bits per heavy atom. The first-order chi connectivity index (χ1) is 22.9. The van der Waals surface area contributed by atoms with Crippen LogP contribution in [-0.4, -0.2) is 66.3 Å². The van der Waals surface area contributed by atoms with Gasteiger partial charge >= 0.3 is 0 Å². The summed E-state index contributed by atoms with van der Waals surface area (Å²) in [5, 5.41) is 2.49. The van der Waals surface area contributed by atoms with Crippen LogP contribution in [0.3, 0.4) is 0 Å². The highest BCUT2D eigenvalue weighted by atomic mass is 35.5.